The number of aliphatic carboxylic acids is 1. The lowest BCUT2D eigenvalue weighted by Crippen LogP contribution is -2.20. The highest BCUT2D eigenvalue weighted by atomic mass is 16.5. The first-order valence-corrected chi connectivity index (χ1v) is 14.5. The zero-order valence-corrected chi connectivity index (χ0v) is 24.3. The Morgan fingerprint density at radius 2 is 1.38 bits per heavy atom. The molecular weight excluding hydrogens is 528 g/mol. The van der Waals surface area contributed by atoms with Crippen LogP contribution in [-0.4, -0.2) is 40.5 Å². The third-order valence-corrected chi connectivity index (χ3v) is 7.24. The quantitative estimate of drug-likeness (QED) is 0.110. The second-order valence-electron chi connectivity index (χ2n) is 10.4. The number of Topliss-reactive ketones (excluding diaryl/α,β-unsaturated/α-hetero) is 1. The number of carboxylic acids is 1. The SMILES string of the molecule is CCCCCCCOc1ccc(-c2cnc(-c3ccc(C[C@H](CC(=O)c4ccc(OC)cc4)C(=O)O)cc3)nc2)cc1. The van der Waals surface area contributed by atoms with Crippen molar-refractivity contribution in [2.24, 2.45) is 5.92 Å². The van der Waals surface area contributed by atoms with Crippen molar-refractivity contribution in [1.82, 2.24) is 9.97 Å². The summed E-state index contributed by atoms with van der Waals surface area (Å²) in [5, 5.41) is 9.76. The number of carbonyl (C=O) groups is 2. The second-order valence-corrected chi connectivity index (χ2v) is 10.4. The van der Waals surface area contributed by atoms with Crippen LogP contribution in [-0.2, 0) is 11.2 Å². The van der Waals surface area contributed by atoms with Crippen LogP contribution >= 0.6 is 0 Å². The molecular formula is C35H38N2O5. The van der Waals surface area contributed by atoms with Crippen LogP contribution in [0.2, 0.25) is 0 Å². The van der Waals surface area contributed by atoms with E-state index in [0.29, 0.717) is 17.1 Å². The van der Waals surface area contributed by atoms with E-state index in [1.165, 1.54) is 25.7 Å². The van der Waals surface area contributed by atoms with Gasteiger partial charge in [0.15, 0.2) is 11.6 Å². The van der Waals surface area contributed by atoms with Crippen molar-refractivity contribution in [3.63, 3.8) is 0 Å². The number of hydrogen-bond acceptors (Lipinski definition) is 6. The molecule has 1 atom stereocenters. The van der Waals surface area contributed by atoms with Crippen LogP contribution in [0.4, 0.5) is 0 Å². The monoisotopic (exact) mass is 566 g/mol. The molecule has 4 aromatic rings. The first kappa shape index (κ1) is 30.4. The molecule has 0 amide bonds. The fraction of sp³-hybridized carbons (Fsp3) is 0.314. The Bertz CT molecular complexity index is 1420. The fourth-order valence-electron chi connectivity index (χ4n) is 4.71. The minimum absolute atomic E-state index is 0.0832. The van der Waals surface area contributed by atoms with Gasteiger partial charge in [0.1, 0.15) is 11.5 Å². The van der Waals surface area contributed by atoms with Crippen LogP contribution in [0.25, 0.3) is 22.5 Å². The zero-order valence-electron chi connectivity index (χ0n) is 24.3. The number of aromatic nitrogens is 2. The van der Waals surface area contributed by atoms with Crippen LogP contribution in [0, 0.1) is 5.92 Å². The van der Waals surface area contributed by atoms with E-state index in [4.69, 9.17) is 9.47 Å². The Labute approximate surface area is 247 Å². The standard InChI is InChI=1S/C35H38N2O5/c1-3-4-5-6-7-20-42-32-18-12-26(13-19-32)30-23-36-34(37-24-30)28-10-8-25(9-11-28)21-29(35(39)40)22-33(38)27-14-16-31(41-2)17-15-27/h8-19,23-24,29H,3-7,20-22H2,1-2H3,(H,39,40)/t29-/m1/s1. The number of hydrogen-bond donors (Lipinski definition) is 1. The highest BCUT2D eigenvalue weighted by Gasteiger charge is 2.22. The van der Waals surface area contributed by atoms with Crippen LogP contribution < -0.4 is 9.47 Å². The molecule has 1 aromatic heterocycles. The van der Waals surface area contributed by atoms with Gasteiger partial charge in [0, 0.05) is 35.5 Å². The van der Waals surface area contributed by atoms with Gasteiger partial charge in [0.2, 0.25) is 0 Å². The number of unbranched alkanes of at least 4 members (excludes halogenated alkanes) is 4. The minimum atomic E-state index is -0.998. The maximum Gasteiger partial charge on any atom is 0.307 e. The molecule has 0 radical (unpaired) electrons. The molecule has 4 rings (SSSR count). The molecule has 0 spiro atoms. The predicted octanol–water partition coefficient (Wildman–Crippen LogP) is 7.68. The van der Waals surface area contributed by atoms with Crippen LogP contribution in [0.1, 0.15) is 61.4 Å². The summed E-state index contributed by atoms with van der Waals surface area (Å²) in [6.45, 7) is 2.95. The molecule has 0 aliphatic carbocycles. The number of nitrogens with zero attached hydrogens (tertiary/aromatic N) is 2. The molecule has 0 unspecified atom stereocenters. The van der Waals surface area contributed by atoms with Crippen molar-refractivity contribution < 1.29 is 24.2 Å². The first-order chi connectivity index (χ1) is 20.5. The molecule has 218 valence electrons. The first-order valence-electron chi connectivity index (χ1n) is 14.5. The maximum atomic E-state index is 12.7. The van der Waals surface area contributed by atoms with Gasteiger partial charge in [-0.25, -0.2) is 9.97 Å². The van der Waals surface area contributed by atoms with E-state index in [9.17, 15) is 14.7 Å². The van der Waals surface area contributed by atoms with Gasteiger partial charge in [0.05, 0.1) is 19.6 Å². The lowest BCUT2D eigenvalue weighted by Gasteiger charge is -2.12. The van der Waals surface area contributed by atoms with E-state index in [0.717, 1.165) is 41.0 Å². The predicted molar refractivity (Wildman–Crippen MR) is 164 cm³/mol. The summed E-state index contributed by atoms with van der Waals surface area (Å²) in [5.74, 6) is 0.0448. The maximum absolute atomic E-state index is 12.7. The Hall–Kier alpha value is -4.52. The molecule has 0 bridgehead atoms. The van der Waals surface area contributed by atoms with E-state index in [1.54, 1.807) is 43.8 Å². The zero-order chi connectivity index (χ0) is 29.7. The number of ketones is 1. The number of rotatable bonds is 16. The largest absolute Gasteiger partial charge is 0.497 e. The van der Waals surface area contributed by atoms with Crippen molar-refractivity contribution in [3.8, 4) is 34.0 Å². The third-order valence-electron chi connectivity index (χ3n) is 7.24. The number of ether oxygens (including phenoxy) is 2. The van der Waals surface area contributed by atoms with Gasteiger partial charge in [-0.1, -0.05) is 69.0 Å². The van der Waals surface area contributed by atoms with Gasteiger partial charge < -0.3 is 14.6 Å². The van der Waals surface area contributed by atoms with E-state index in [1.807, 2.05) is 48.5 Å². The summed E-state index contributed by atoms with van der Waals surface area (Å²) in [4.78, 5) is 33.7. The Morgan fingerprint density at radius 3 is 2.00 bits per heavy atom. The number of carbonyl (C=O) groups excluding carboxylic acids is 1. The van der Waals surface area contributed by atoms with Gasteiger partial charge in [-0.2, -0.15) is 0 Å². The molecule has 0 fully saturated rings. The van der Waals surface area contributed by atoms with Gasteiger partial charge in [-0.3, -0.25) is 9.59 Å². The van der Waals surface area contributed by atoms with Crippen molar-refractivity contribution >= 4 is 11.8 Å². The number of benzene rings is 3. The van der Waals surface area contributed by atoms with Crippen molar-refractivity contribution in [2.75, 3.05) is 13.7 Å². The summed E-state index contributed by atoms with van der Waals surface area (Å²) in [6, 6.07) is 22.2. The smallest absolute Gasteiger partial charge is 0.307 e. The van der Waals surface area contributed by atoms with E-state index in [-0.39, 0.29) is 18.6 Å². The lowest BCUT2D eigenvalue weighted by atomic mass is 9.92. The molecule has 1 heterocycles. The van der Waals surface area contributed by atoms with Crippen LogP contribution in [0.3, 0.4) is 0 Å². The summed E-state index contributed by atoms with van der Waals surface area (Å²) in [7, 11) is 1.55. The summed E-state index contributed by atoms with van der Waals surface area (Å²) in [5.41, 5.74) is 4.04. The lowest BCUT2D eigenvalue weighted by molar-refractivity contribution is -0.141. The van der Waals surface area contributed by atoms with Gasteiger partial charge in [-0.15, -0.1) is 0 Å². The number of methoxy groups -OCH3 is 1. The topological polar surface area (TPSA) is 98.6 Å². The molecule has 1 N–H and O–H groups in total. The molecule has 42 heavy (non-hydrogen) atoms. The normalized spacial score (nSPS) is 11.6. The highest BCUT2D eigenvalue weighted by molar-refractivity contribution is 5.98. The second kappa shape index (κ2) is 15.5. The van der Waals surface area contributed by atoms with Crippen molar-refractivity contribution in [2.45, 2.75) is 51.9 Å². The number of carboxylic acid groups (broad SMARTS) is 1. The third kappa shape index (κ3) is 8.74. The van der Waals surface area contributed by atoms with Crippen LogP contribution in [0.5, 0.6) is 11.5 Å². The van der Waals surface area contributed by atoms with Gasteiger partial charge in [0.25, 0.3) is 0 Å². The molecule has 0 saturated heterocycles. The average Bonchev–Trinajstić information content (AvgIpc) is 3.03. The van der Waals surface area contributed by atoms with Crippen molar-refractivity contribution in [3.05, 3.63) is 96.3 Å². The molecule has 0 aliphatic rings. The Balaban J connectivity index is 1.32. The van der Waals surface area contributed by atoms with E-state index in [2.05, 4.69) is 16.9 Å². The van der Waals surface area contributed by atoms with Crippen LogP contribution in [0.15, 0.2) is 85.2 Å². The highest BCUT2D eigenvalue weighted by Crippen LogP contribution is 2.24. The molecule has 7 nitrogen and oxygen atoms in total. The summed E-state index contributed by atoms with van der Waals surface area (Å²) in [6.07, 6.45) is 9.82. The van der Waals surface area contributed by atoms with Gasteiger partial charge in [-0.05, 0) is 60.4 Å². The minimum Gasteiger partial charge on any atom is -0.497 e. The summed E-state index contributed by atoms with van der Waals surface area (Å²) >= 11 is 0. The molecule has 0 saturated carbocycles. The van der Waals surface area contributed by atoms with Crippen molar-refractivity contribution in [1.29, 1.82) is 0 Å². The molecule has 3 aromatic carbocycles. The van der Waals surface area contributed by atoms with E-state index < -0.39 is 11.9 Å². The Kier molecular flexibility index (Phi) is 11.2. The Morgan fingerprint density at radius 1 is 0.762 bits per heavy atom. The fourth-order valence-corrected chi connectivity index (χ4v) is 4.71. The summed E-state index contributed by atoms with van der Waals surface area (Å²) < 4.78 is 11.0. The molecule has 0 aliphatic heterocycles. The average molecular weight is 567 g/mol. The van der Waals surface area contributed by atoms with Gasteiger partial charge >= 0.3 is 5.97 Å². The molecule has 7 heteroatoms. The van der Waals surface area contributed by atoms with E-state index >= 15 is 0 Å².